The van der Waals surface area contributed by atoms with E-state index in [-0.39, 0.29) is 18.9 Å². The minimum atomic E-state index is -0.494. The molecule has 1 N–H and O–H groups in total. The lowest BCUT2D eigenvalue weighted by Crippen LogP contribution is -2.27. The molecule has 0 aromatic carbocycles. The van der Waals surface area contributed by atoms with Gasteiger partial charge in [-0.3, -0.25) is 4.79 Å². The summed E-state index contributed by atoms with van der Waals surface area (Å²) in [6, 6.07) is 0. The molecule has 0 unspecified atom stereocenters. The van der Waals surface area contributed by atoms with Gasteiger partial charge in [-0.15, -0.1) is 0 Å². The number of hydrogen-bond donors (Lipinski definition) is 1. The number of amides is 1. The van der Waals surface area contributed by atoms with E-state index >= 15 is 0 Å². The molecule has 1 fully saturated rings. The quantitative estimate of drug-likeness (QED) is 0.698. The van der Waals surface area contributed by atoms with Gasteiger partial charge in [0.15, 0.2) is 0 Å². The van der Waals surface area contributed by atoms with Crippen LogP contribution in [0.15, 0.2) is 0 Å². The molecule has 1 aliphatic rings. The Hall–Kier alpha value is -1.26. The second-order valence-electron chi connectivity index (χ2n) is 4.05. The van der Waals surface area contributed by atoms with Crippen LogP contribution in [0.1, 0.15) is 26.7 Å². The van der Waals surface area contributed by atoms with Crippen LogP contribution in [0.5, 0.6) is 0 Å². The van der Waals surface area contributed by atoms with Crippen LogP contribution in [0.2, 0.25) is 0 Å². The van der Waals surface area contributed by atoms with Crippen molar-refractivity contribution < 1.29 is 19.1 Å². The lowest BCUT2D eigenvalue weighted by atomic mass is 10.3. The molecule has 1 saturated carbocycles. The molecular weight excluding hydrogens is 210 g/mol. The molecule has 0 aromatic rings. The summed E-state index contributed by atoms with van der Waals surface area (Å²) in [5.41, 5.74) is 0. The van der Waals surface area contributed by atoms with E-state index in [9.17, 15) is 9.59 Å². The van der Waals surface area contributed by atoms with Crippen LogP contribution in [-0.2, 0) is 14.3 Å². The molecule has 1 amide bonds. The van der Waals surface area contributed by atoms with E-state index in [1.54, 1.807) is 6.92 Å². The molecule has 5 heteroatoms. The fourth-order valence-electron chi connectivity index (χ4n) is 1.35. The summed E-state index contributed by atoms with van der Waals surface area (Å²) >= 11 is 0. The molecule has 0 radical (unpaired) electrons. The molecule has 0 bridgehead atoms. The highest BCUT2D eigenvalue weighted by Gasteiger charge is 2.33. The molecule has 2 atom stereocenters. The average molecular weight is 229 g/mol. The Labute approximate surface area is 95.5 Å². The summed E-state index contributed by atoms with van der Waals surface area (Å²) < 4.78 is 9.69. The van der Waals surface area contributed by atoms with Gasteiger partial charge < -0.3 is 14.8 Å². The van der Waals surface area contributed by atoms with Crippen LogP contribution in [-0.4, -0.2) is 31.8 Å². The molecular formula is C11H19NO4. The summed E-state index contributed by atoms with van der Waals surface area (Å²) in [6.45, 7) is 4.97. The highest BCUT2D eigenvalue weighted by atomic mass is 16.5. The molecule has 16 heavy (non-hydrogen) atoms. The molecule has 92 valence electrons. The van der Waals surface area contributed by atoms with Crippen LogP contribution < -0.4 is 5.32 Å². The molecule has 0 aliphatic heterocycles. The Balaban J connectivity index is 1.95. The van der Waals surface area contributed by atoms with Gasteiger partial charge >= 0.3 is 12.1 Å². The number of rotatable bonds is 6. The zero-order valence-corrected chi connectivity index (χ0v) is 9.82. The number of carbonyl (C=O) groups excluding carboxylic acids is 2. The SMILES string of the molecule is CCOC(=O)NCCC(=O)OC[C@@H]1C[C@H]1C. The largest absolute Gasteiger partial charge is 0.465 e. The molecule has 1 rings (SSSR count). The minimum absolute atomic E-state index is 0.194. The van der Waals surface area contributed by atoms with Crippen LogP contribution in [0, 0.1) is 11.8 Å². The van der Waals surface area contributed by atoms with Crippen LogP contribution in [0.25, 0.3) is 0 Å². The van der Waals surface area contributed by atoms with Crippen molar-refractivity contribution in [3.05, 3.63) is 0 Å². The first kappa shape index (κ1) is 12.8. The van der Waals surface area contributed by atoms with E-state index in [1.807, 2.05) is 0 Å². The van der Waals surface area contributed by atoms with E-state index in [2.05, 4.69) is 17.0 Å². The number of alkyl carbamates (subject to hydrolysis) is 1. The van der Waals surface area contributed by atoms with E-state index < -0.39 is 6.09 Å². The van der Waals surface area contributed by atoms with Gasteiger partial charge in [0.05, 0.1) is 19.6 Å². The van der Waals surface area contributed by atoms with Crippen molar-refractivity contribution in [1.82, 2.24) is 5.32 Å². The highest BCUT2D eigenvalue weighted by Crippen LogP contribution is 2.37. The van der Waals surface area contributed by atoms with Gasteiger partial charge in [-0.2, -0.15) is 0 Å². The van der Waals surface area contributed by atoms with E-state index in [0.717, 1.165) is 6.42 Å². The molecule has 5 nitrogen and oxygen atoms in total. The third-order valence-corrected chi connectivity index (χ3v) is 2.61. The lowest BCUT2D eigenvalue weighted by molar-refractivity contribution is -0.144. The monoisotopic (exact) mass is 229 g/mol. The molecule has 0 heterocycles. The standard InChI is InChI=1S/C11H19NO4/c1-3-15-11(14)12-5-4-10(13)16-7-9-6-8(9)2/h8-9H,3-7H2,1-2H3,(H,12,14)/t8-,9+/m1/s1. The molecule has 1 aliphatic carbocycles. The number of esters is 1. The highest BCUT2D eigenvalue weighted by molar-refractivity contribution is 5.71. The van der Waals surface area contributed by atoms with E-state index in [4.69, 9.17) is 4.74 Å². The first-order valence-electron chi connectivity index (χ1n) is 5.69. The maximum atomic E-state index is 11.2. The van der Waals surface area contributed by atoms with Crippen molar-refractivity contribution in [2.45, 2.75) is 26.7 Å². The Morgan fingerprint density at radius 3 is 2.62 bits per heavy atom. The van der Waals surface area contributed by atoms with Crippen molar-refractivity contribution in [3.63, 3.8) is 0 Å². The van der Waals surface area contributed by atoms with Gasteiger partial charge in [-0.05, 0) is 25.2 Å². The predicted octanol–water partition coefficient (Wildman–Crippen LogP) is 1.32. The van der Waals surface area contributed by atoms with Crippen molar-refractivity contribution in [3.8, 4) is 0 Å². The van der Waals surface area contributed by atoms with E-state index in [0.29, 0.717) is 25.0 Å². The van der Waals surface area contributed by atoms with Crippen molar-refractivity contribution >= 4 is 12.1 Å². The predicted molar refractivity (Wildman–Crippen MR) is 57.9 cm³/mol. The Morgan fingerprint density at radius 2 is 2.06 bits per heavy atom. The summed E-state index contributed by atoms with van der Waals surface area (Å²) in [4.78, 5) is 22.1. The number of carbonyl (C=O) groups is 2. The summed E-state index contributed by atoms with van der Waals surface area (Å²) in [5.74, 6) is 0.961. The van der Waals surface area contributed by atoms with E-state index in [1.165, 1.54) is 0 Å². The third-order valence-electron chi connectivity index (χ3n) is 2.61. The second kappa shape index (κ2) is 6.35. The zero-order chi connectivity index (χ0) is 12.0. The Morgan fingerprint density at radius 1 is 1.38 bits per heavy atom. The summed E-state index contributed by atoms with van der Waals surface area (Å²) in [6.07, 6.45) is 0.847. The topological polar surface area (TPSA) is 64.6 Å². The van der Waals surface area contributed by atoms with Gasteiger partial charge in [-0.1, -0.05) is 6.92 Å². The zero-order valence-electron chi connectivity index (χ0n) is 9.82. The average Bonchev–Trinajstić information content (AvgIpc) is 2.92. The first-order valence-corrected chi connectivity index (χ1v) is 5.69. The van der Waals surface area contributed by atoms with Crippen LogP contribution in [0.4, 0.5) is 4.79 Å². The lowest BCUT2D eigenvalue weighted by Gasteiger charge is -2.05. The fourth-order valence-corrected chi connectivity index (χ4v) is 1.35. The summed E-state index contributed by atoms with van der Waals surface area (Å²) in [5, 5.41) is 2.46. The number of ether oxygens (including phenoxy) is 2. The van der Waals surface area contributed by atoms with Gasteiger partial charge in [0, 0.05) is 6.54 Å². The fraction of sp³-hybridized carbons (Fsp3) is 0.818. The van der Waals surface area contributed by atoms with Gasteiger partial charge in [0.1, 0.15) is 0 Å². The van der Waals surface area contributed by atoms with Crippen molar-refractivity contribution in [2.75, 3.05) is 19.8 Å². The summed E-state index contributed by atoms with van der Waals surface area (Å²) in [7, 11) is 0. The van der Waals surface area contributed by atoms with Crippen molar-refractivity contribution in [2.24, 2.45) is 11.8 Å². The number of nitrogens with one attached hydrogen (secondary N) is 1. The Kier molecular flexibility index (Phi) is 5.08. The number of hydrogen-bond acceptors (Lipinski definition) is 4. The maximum Gasteiger partial charge on any atom is 0.407 e. The van der Waals surface area contributed by atoms with Gasteiger partial charge in [0.25, 0.3) is 0 Å². The smallest absolute Gasteiger partial charge is 0.407 e. The van der Waals surface area contributed by atoms with Crippen LogP contribution >= 0.6 is 0 Å². The molecule has 0 aromatic heterocycles. The first-order chi connectivity index (χ1) is 7.63. The maximum absolute atomic E-state index is 11.2. The van der Waals surface area contributed by atoms with Crippen LogP contribution in [0.3, 0.4) is 0 Å². The van der Waals surface area contributed by atoms with Gasteiger partial charge in [0.2, 0.25) is 0 Å². The molecule has 0 saturated heterocycles. The third kappa shape index (κ3) is 5.00. The van der Waals surface area contributed by atoms with Crippen molar-refractivity contribution in [1.29, 1.82) is 0 Å². The minimum Gasteiger partial charge on any atom is -0.465 e. The van der Waals surface area contributed by atoms with Gasteiger partial charge in [-0.25, -0.2) is 4.79 Å². The second-order valence-corrected chi connectivity index (χ2v) is 4.05. The Bertz CT molecular complexity index is 254. The molecule has 0 spiro atoms. The normalized spacial score (nSPS) is 22.4.